The van der Waals surface area contributed by atoms with Crippen molar-refractivity contribution in [1.82, 2.24) is 9.78 Å². The average molecular weight is 416 g/mol. The largest absolute Gasteiger partial charge is 0.433 e. The SMILES string of the molecule is Cc1ccc(OC(F)F)c(NC(=O)C(C)Cn2nc(C)c(Br)c2C)c1. The fourth-order valence-electron chi connectivity index (χ4n) is 2.39. The summed E-state index contributed by atoms with van der Waals surface area (Å²) in [4.78, 5) is 12.5. The average Bonchev–Trinajstić information content (AvgIpc) is 2.76. The number of aromatic nitrogens is 2. The van der Waals surface area contributed by atoms with E-state index >= 15 is 0 Å². The zero-order chi connectivity index (χ0) is 18.7. The number of ether oxygens (including phenoxy) is 1. The lowest BCUT2D eigenvalue weighted by Crippen LogP contribution is -2.25. The number of nitrogens with zero attached hydrogens (tertiary/aromatic N) is 2. The Hall–Kier alpha value is -1.96. The highest BCUT2D eigenvalue weighted by molar-refractivity contribution is 9.10. The van der Waals surface area contributed by atoms with E-state index in [9.17, 15) is 13.6 Å². The molecule has 0 saturated carbocycles. The monoisotopic (exact) mass is 415 g/mol. The van der Waals surface area contributed by atoms with Crippen LogP contribution in [0.5, 0.6) is 5.75 Å². The van der Waals surface area contributed by atoms with E-state index in [-0.39, 0.29) is 17.3 Å². The first-order valence-electron chi connectivity index (χ1n) is 7.75. The number of amides is 1. The topological polar surface area (TPSA) is 56.1 Å². The molecule has 0 aliphatic rings. The molecule has 136 valence electrons. The fraction of sp³-hybridized carbons (Fsp3) is 0.412. The molecule has 1 aromatic carbocycles. The number of benzene rings is 1. The highest BCUT2D eigenvalue weighted by Crippen LogP contribution is 2.28. The number of halogens is 3. The van der Waals surface area contributed by atoms with Crippen LogP contribution in [0.4, 0.5) is 14.5 Å². The van der Waals surface area contributed by atoms with Crippen molar-refractivity contribution in [3.05, 3.63) is 39.6 Å². The van der Waals surface area contributed by atoms with Crippen LogP contribution < -0.4 is 10.1 Å². The fourth-order valence-corrected chi connectivity index (χ4v) is 2.68. The van der Waals surface area contributed by atoms with Crippen molar-refractivity contribution in [2.24, 2.45) is 5.92 Å². The third-order valence-electron chi connectivity index (χ3n) is 3.80. The number of aryl methyl sites for hydroxylation is 2. The molecule has 1 N–H and O–H groups in total. The van der Waals surface area contributed by atoms with E-state index in [1.807, 2.05) is 13.8 Å². The van der Waals surface area contributed by atoms with Crippen LogP contribution in [0.2, 0.25) is 0 Å². The van der Waals surface area contributed by atoms with Gasteiger partial charge in [-0.1, -0.05) is 13.0 Å². The van der Waals surface area contributed by atoms with Crippen molar-refractivity contribution in [3.8, 4) is 5.75 Å². The van der Waals surface area contributed by atoms with Gasteiger partial charge in [0.15, 0.2) is 0 Å². The van der Waals surface area contributed by atoms with Gasteiger partial charge in [0.05, 0.1) is 28.3 Å². The summed E-state index contributed by atoms with van der Waals surface area (Å²) in [6.07, 6.45) is 0. The second-order valence-corrected chi connectivity index (χ2v) is 6.73. The van der Waals surface area contributed by atoms with Gasteiger partial charge in [-0.05, 0) is 54.4 Å². The Balaban J connectivity index is 2.13. The number of hydrogen-bond acceptors (Lipinski definition) is 3. The summed E-state index contributed by atoms with van der Waals surface area (Å²) in [7, 11) is 0. The summed E-state index contributed by atoms with van der Waals surface area (Å²) in [5.41, 5.74) is 2.82. The molecule has 1 aromatic heterocycles. The number of alkyl halides is 2. The standard InChI is InChI=1S/C17H20BrF2N3O2/c1-9-5-6-14(25-17(19)20)13(7-9)21-16(24)10(2)8-23-12(4)15(18)11(3)22-23/h5-7,10,17H,8H2,1-4H3,(H,21,24). The molecule has 2 aromatic rings. The molecular formula is C17H20BrF2N3O2. The predicted molar refractivity (Wildman–Crippen MR) is 95.0 cm³/mol. The first-order valence-corrected chi connectivity index (χ1v) is 8.54. The van der Waals surface area contributed by atoms with Gasteiger partial charge >= 0.3 is 6.61 Å². The molecule has 25 heavy (non-hydrogen) atoms. The molecule has 1 unspecified atom stereocenters. The van der Waals surface area contributed by atoms with E-state index in [0.717, 1.165) is 21.4 Å². The smallest absolute Gasteiger partial charge is 0.387 e. The quantitative estimate of drug-likeness (QED) is 0.757. The van der Waals surface area contributed by atoms with Crippen LogP contribution in [-0.2, 0) is 11.3 Å². The number of carbonyl (C=O) groups excluding carboxylic acids is 1. The Morgan fingerprint density at radius 2 is 2.04 bits per heavy atom. The number of hydrogen-bond donors (Lipinski definition) is 1. The van der Waals surface area contributed by atoms with Crippen molar-refractivity contribution in [2.45, 2.75) is 40.9 Å². The van der Waals surface area contributed by atoms with Gasteiger partial charge in [0, 0.05) is 5.69 Å². The molecule has 0 bridgehead atoms. The number of anilines is 1. The van der Waals surface area contributed by atoms with Crippen LogP contribution in [0.3, 0.4) is 0 Å². The van der Waals surface area contributed by atoms with Crippen molar-refractivity contribution in [2.75, 3.05) is 5.32 Å². The van der Waals surface area contributed by atoms with Crippen molar-refractivity contribution in [3.63, 3.8) is 0 Å². The Kier molecular flexibility index (Phi) is 6.16. The van der Waals surface area contributed by atoms with Crippen LogP contribution >= 0.6 is 15.9 Å². The van der Waals surface area contributed by atoms with Gasteiger partial charge in [-0.2, -0.15) is 13.9 Å². The molecule has 2 rings (SSSR count). The Bertz CT molecular complexity index is 777. The van der Waals surface area contributed by atoms with Crippen LogP contribution in [0, 0.1) is 26.7 Å². The molecule has 0 spiro atoms. The first kappa shape index (κ1) is 19.4. The summed E-state index contributed by atoms with van der Waals surface area (Å²) in [6.45, 7) is 4.76. The Morgan fingerprint density at radius 1 is 1.36 bits per heavy atom. The number of carbonyl (C=O) groups is 1. The molecule has 5 nitrogen and oxygen atoms in total. The van der Waals surface area contributed by atoms with E-state index in [2.05, 4.69) is 31.1 Å². The minimum Gasteiger partial charge on any atom is -0.433 e. The number of rotatable bonds is 6. The molecule has 0 saturated heterocycles. The highest BCUT2D eigenvalue weighted by Gasteiger charge is 2.19. The lowest BCUT2D eigenvalue weighted by Gasteiger charge is -2.16. The third kappa shape index (κ3) is 4.78. The van der Waals surface area contributed by atoms with Gasteiger partial charge < -0.3 is 10.1 Å². The van der Waals surface area contributed by atoms with Crippen LogP contribution in [0.1, 0.15) is 23.9 Å². The Labute approximate surface area is 153 Å². The molecule has 1 amide bonds. The van der Waals surface area contributed by atoms with Crippen molar-refractivity contribution < 1.29 is 18.3 Å². The molecule has 0 fully saturated rings. The van der Waals surface area contributed by atoms with Gasteiger partial charge in [0.2, 0.25) is 5.91 Å². The maximum absolute atomic E-state index is 12.5. The van der Waals surface area contributed by atoms with E-state index in [4.69, 9.17) is 0 Å². The summed E-state index contributed by atoms with van der Waals surface area (Å²) < 4.78 is 32.2. The second-order valence-electron chi connectivity index (χ2n) is 5.94. The molecule has 8 heteroatoms. The molecular weight excluding hydrogens is 396 g/mol. The van der Waals surface area contributed by atoms with Crippen LogP contribution in [0.25, 0.3) is 0 Å². The highest BCUT2D eigenvalue weighted by atomic mass is 79.9. The maximum Gasteiger partial charge on any atom is 0.387 e. The van der Waals surface area contributed by atoms with Crippen LogP contribution in [0.15, 0.2) is 22.7 Å². The predicted octanol–water partition coefficient (Wildman–Crippen LogP) is 4.45. The second kappa shape index (κ2) is 7.95. The van der Waals surface area contributed by atoms with Crippen molar-refractivity contribution >= 4 is 27.5 Å². The summed E-state index contributed by atoms with van der Waals surface area (Å²) in [5, 5.41) is 7.04. The third-order valence-corrected chi connectivity index (χ3v) is 4.94. The van der Waals surface area contributed by atoms with Crippen LogP contribution in [-0.4, -0.2) is 22.3 Å². The minimum atomic E-state index is -2.96. The molecule has 0 aliphatic heterocycles. The van der Waals surface area contributed by atoms with E-state index in [0.29, 0.717) is 6.54 Å². The maximum atomic E-state index is 12.5. The van der Waals surface area contributed by atoms with E-state index in [1.54, 1.807) is 30.7 Å². The molecule has 1 atom stereocenters. The van der Waals surface area contributed by atoms with Gasteiger partial charge in [-0.25, -0.2) is 0 Å². The Morgan fingerprint density at radius 3 is 2.60 bits per heavy atom. The zero-order valence-electron chi connectivity index (χ0n) is 14.4. The van der Waals surface area contributed by atoms with E-state index < -0.39 is 12.5 Å². The molecule has 0 radical (unpaired) electrons. The first-order chi connectivity index (χ1) is 11.7. The zero-order valence-corrected chi connectivity index (χ0v) is 16.0. The normalized spacial score (nSPS) is 12.3. The summed E-state index contributed by atoms with van der Waals surface area (Å²) >= 11 is 3.45. The molecule has 0 aliphatic carbocycles. The van der Waals surface area contributed by atoms with Crippen molar-refractivity contribution in [1.29, 1.82) is 0 Å². The summed E-state index contributed by atoms with van der Waals surface area (Å²) in [6, 6.07) is 4.66. The van der Waals surface area contributed by atoms with Gasteiger partial charge in [0.1, 0.15) is 5.75 Å². The lowest BCUT2D eigenvalue weighted by molar-refractivity contribution is -0.119. The molecule has 1 heterocycles. The number of nitrogens with one attached hydrogen (secondary N) is 1. The van der Waals surface area contributed by atoms with Gasteiger partial charge in [0.25, 0.3) is 0 Å². The van der Waals surface area contributed by atoms with Gasteiger partial charge in [-0.15, -0.1) is 0 Å². The van der Waals surface area contributed by atoms with Gasteiger partial charge in [-0.3, -0.25) is 9.48 Å². The summed E-state index contributed by atoms with van der Waals surface area (Å²) in [5.74, 6) is -0.770. The lowest BCUT2D eigenvalue weighted by atomic mass is 10.1. The van der Waals surface area contributed by atoms with E-state index in [1.165, 1.54) is 6.07 Å². The minimum absolute atomic E-state index is 0.0602.